The van der Waals surface area contributed by atoms with Crippen LogP contribution in [-0.2, 0) is 0 Å². The predicted molar refractivity (Wildman–Crippen MR) is 73.3 cm³/mol. The highest BCUT2D eigenvalue weighted by atomic mass is 79.9. The van der Waals surface area contributed by atoms with Gasteiger partial charge in [-0.3, -0.25) is 0 Å². The van der Waals surface area contributed by atoms with Crippen molar-refractivity contribution in [3.05, 3.63) is 69.7 Å². The van der Waals surface area contributed by atoms with Gasteiger partial charge < -0.3 is 0 Å². The van der Waals surface area contributed by atoms with Gasteiger partial charge in [0.05, 0.1) is 4.83 Å². The smallest absolute Gasteiger partial charge is 0.127 e. The summed E-state index contributed by atoms with van der Waals surface area (Å²) >= 11 is 9.49. The second kappa shape index (κ2) is 5.37. The first-order chi connectivity index (χ1) is 8.49. The van der Waals surface area contributed by atoms with E-state index in [1.165, 1.54) is 18.2 Å². The number of halogens is 4. The summed E-state index contributed by atoms with van der Waals surface area (Å²) in [6, 6.07) is 9.16. The van der Waals surface area contributed by atoms with Crippen molar-refractivity contribution in [3.8, 4) is 0 Å². The van der Waals surface area contributed by atoms with Gasteiger partial charge in [-0.1, -0.05) is 45.7 Å². The summed E-state index contributed by atoms with van der Waals surface area (Å²) in [6.07, 6.45) is 0. The quantitative estimate of drug-likeness (QED) is 0.645. The Hall–Kier alpha value is -0.930. The number of benzene rings is 2. The second-order valence-corrected chi connectivity index (χ2v) is 5.36. The van der Waals surface area contributed by atoms with E-state index in [-0.39, 0.29) is 16.5 Å². The average molecular weight is 332 g/mol. The fourth-order valence-electron chi connectivity index (χ4n) is 1.72. The number of aryl methyl sites for hydroxylation is 1. The Kier molecular flexibility index (Phi) is 4.03. The molecule has 0 aliphatic rings. The number of rotatable bonds is 2. The molecule has 1 unspecified atom stereocenters. The minimum absolute atomic E-state index is 0.264. The van der Waals surface area contributed by atoms with E-state index in [4.69, 9.17) is 11.6 Å². The molecule has 0 heterocycles. The van der Waals surface area contributed by atoms with Gasteiger partial charge in [-0.15, -0.1) is 0 Å². The van der Waals surface area contributed by atoms with Gasteiger partial charge in [0.2, 0.25) is 0 Å². The minimum Gasteiger partial charge on any atom is -0.207 e. The summed E-state index contributed by atoms with van der Waals surface area (Å²) in [7, 11) is 0. The maximum Gasteiger partial charge on any atom is 0.127 e. The molecule has 0 saturated heterocycles. The highest BCUT2D eigenvalue weighted by Crippen LogP contribution is 2.36. The van der Waals surface area contributed by atoms with Crippen molar-refractivity contribution in [2.45, 2.75) is 11.8 Å². The minimum atomic E-state index is -0.345. The van der Waals surface area contributed by atoms with E-state index in [1.807, 2.05) is 0 Å². The van der Waals surface area contributed by atoms with Gasteiger partial charge in [0.1, 0.15) is 11.6 Å². The topological polar surface area (TPSA) is 0 Å². The van der Waals surface area contributed by atoms with E-state index in [0.717, 1.165) is 11.1 Å². The first kappa shape index (κ1) is 13.5. The summed E-state index contributed by atoms with van der Waals surface area (Å²) in [6.45, 7) is 1.67. The van der Waals surface area contributed by atoms with Crippen LogP contribution in [0.2, 0.25) is 5.02 Å². The van der Waals surface area contributed by atoms with E-state index in [9.17, 15) is 8.78 Å². The molecule has 0 aliphatic carbocycles. The maximum absolute atomic E-state index is 13.3. The lowest BCUT2D eigenvalue weighted by molar-refractivity contribution is 0.617. The molecule has 0 saturated carbocycles. The average Bonchev–Trinajstić information content (AvgIpc) is 2.33. The fraction of sp³-hybridized carbons (Fsp3) is 0.143. The molecule has 4 heteroatoms. The van der Waals surface area contributed by atoms with Crippen molar-refractivity contribution in [2.75, 3.05) is 0 Å². The molecule has 0 N–H and O–H groups in total. The van der Waals surface area contributed by atoms with Crippen LogP contribution in [0, 0.1) is 18.6 Å². The summed E-state index contributed by atoms with van der Waals surface area (Å²) in [5.41, 5.74) is 1.97. The number of hydrogen-bond acceptors (Lipinski definition) is 0. The molecule has 0 radical (unpaired) electrons. The molecular formula is C14H10BrClF2. The molecule has 1 atom stereocenters. The van der Waals surface area contributed by atoms with Crippen LogP contribution < -0.4 is 0 Å². The van der Waals surface area contributed by atoms with Gasteiger partial charge in [0, 0.05) is 5.02 Å². The Balaban J connectivity index is 2.46. The SMILES string of the molecule is Cc1cc(C(Br)c2cccc(F)c2)c(Cl)cc1F. The Morgan fingerprint density at radius 3 is 2.56 bits per heavy atom. The third kappa shape index (κ3) is 2.73. The first-order valence-electron chi connectivity index (χ1n) is 5.34. The number of alkyl halides is 1. The lowest BCUT2D eigenvalue weighted by Gasteiger charge is -2.14. The molecule has 0 aliphatic heterocycles. The molecule has 2 rings (SSSR count). The Labute approximate surface area is 118 Å². The molecule has 18 heavy (non-hydrogen) atoms. The third-order valence-corrected chi connectivity index (χ3v) is 4.04. The monoisotopic (exact) mass is 330 g/mol. The molecule has 0 aromatic heterocycles. The van der Waals surface area contributed by atoms with E-state index in [1.54, 1.807) is 25.1 Å². The molecular weight excluding hydrogens is 322 g/mol. The molecule has 0 nitrogen and oxygen atoms in total. The van der Waals surface area contributed by atoms with Gasteiger partial charge in [-0.25, -0.2) is 8.78 Å². The largest absolute Gasteiger partial charge is 0.207 e. The Morgan fingerprint density at radius 1 is 1.17 bits per heavy atom. The first-order valence-corrected chi connectivity index (χ1v) is 6.63. The van der Waals surface area contributed by atoms with Crippen LogP contribution in [0.15, 0.2) is 36.4 Å². The van der Waals surface area contributed by atoms with Crippen LogP contribution in [-0.4, -0.2) is 0 Å². The highest BCUT2D eigenvalue weighted by molar-refractivity contribution is 9.09. The van der Waals surface area contributed by atoms with Crippen LogP contribution in [0.3, 0.4) is 0 Å². The van der Waals surface area contributed by atoms with Crippen molar-refractivity contribution in [1.29, 1.82) is 0 Å². The highest BCUT2D eigenvalue weighted by Gasteiger charge is 2.16. The zero-order chi connectivity index (χ0) is 13.3. The lowest BCUT2D eigenvalue weighted by Crippen LogP contribution is -1.97. The zero-order valence-corrected chi connectivity index (χ0v) is 11.9. The van der Waals surface area contributed by atoms with E-state index < -0.39 is 0 Å². The van der Waals surface area contributed by atoms with Crippen LogP contribution in [0.1, 0.15) is 21.5 Å². The Morgan fingerprint density at radius 2 is 1.89 bits per heavy atom. The van der Waals surface area contributed by atoms with Crippen molar-refractivity contribution in [2.24, 2.45) is 0 Å². The van der Waals surface area contributed by atoms with Gasteiger partial charge >= 0.3 is 0 Å². The van der Waals surface area contributed by atoms with Crippen molar-refractivity contribution < 1.29 is 8.78 Å². The summed E-state index contributed by atoms with van der Waals surface area (Å²) in [5.74, 6) is -0.658. The molecule has 2 aromatic carbocycles. The molecule has 0 bridgehead atoms. The van der Waals surface area contributed by atoms with E-state index in [0.29, 0.717) is 10.6 Å². The zero-order valence-electron chi connectivity index (χ0n) is 9.55. The molecule has 2 aromatic rings. The maximum atomic E-state index is 13.3. The molecule has 0 spiro atoms. The summed E-state index contributed by atoms with van der Waals surface area (Å²) in [4.78, 5) is -0.264. The summed E-state index contributed by atoms with van der Waals surface area (Å²) in [5, 5.41) is 0.323. The van der Waals surface area contributed by atoms with Crippen molar-refractivity contribution in [3.63, 3.8) is 0 Å². The third-order valence-electron chi connectivity index (χ3n) is 2.69. The second-order valence-electron chi connectivity index (χ2n) is 4.04. The fourth-order valence-corrected chi connectivity index (χ4v) is 2.77. The van der Waals surface area contributed by atoms with Crippen LogP contribution in [0.5, 0.6) is 0 Å². The van der Waals surface area contributed by atoms with Crippen LogP contribution in [0.25, 0.3) is 0 Å². The van der Waals surface area contributed by atoms with Gasteiger partial charge in [-0.2, -0.15) is 0 Å². The normalized spacial score (nSPS) is 12.5. The standard InChI is InChI=1S/C14H10BrClF2/c1-8-5-11(12(16)7-13(8)18)14(15)9-3-2-4-10(17)6-9/h2-7,14H,1H3. The predicted octanol–water partition coefficient (Wildman–Crippen LogP) is 5.41. The van der Waals surface area contributed by atoms with E-state index in [2.05, 4.69) is 15.9 Å². The molecule has 0 amide bonds. The van der Waals surface area contributed by atoms with Crippen LogP contribution >= 0.6 is 27.5 Å². The number of hydrogen-bond donors (Lipinski definition) is 0. The van der Waals surface area contributed by atoms with E-state index >= 15 is 0 Å². The van der Waals surface area contributed by atoms with Crippen molar-refractivity contribution >= 4 is 27.5 Å². The van der Waals surface area contributed by atoms with Crippen molar-refractivity contribution in [1.82, 2.24) is 0 Å². The van der Waals surface area contributed by atoms with Gasteiger partial charge in [0.15, 0.2) is 0 Å². The van der Waals surface area contributed by atoms with Crippen LogP contribution in [0.4, 0.5) is 8.78 Å². The summed E-state index contributed by atoms with van der Waals surface area (Å²) < 4.78 is 26.5. The Bertz CT molecular complexity index is 584. The molecule has 0 fully saturated rings. The molecule has 94 valence electrons. The van der Waals surface area contributed by atoms with Gasteiger partial charge in [-0.05, 0) is 41.8 Å². The van der Waals surface area contributed by atoms with Gasteiger partial charge in [0.25, 0.3) is 0 Å². The lowest BCUT2D eigenvalue weighted by atomic mass is 10.0.